The summed E-state index contributed by atoms with van der Waals surface area (Å²) in [6.45, 7) is 10.1. The van der Waals surface area contributed by atoms with Crippen molar-refractivity contribution in [1.82, 2.24) is 0 Å². The number of benzene rings is 1. The van der Waals surface area contributed by atoms with Crippen molar-refractivity contribution in [1.29, 1.82) is 0 Å². The molecule has 0 saturated carbocycles. The first-order valence-electron chi connectivity index (χ1n) is 7.30. The number of nitrogens with two attached hydrogens (primary N) is 1. The average molecular weight is 264 g/mol. The molecule has 0 spiro atoms. The quantitative estimate of drug-likeness (QED) is 0.794. The summed E-state index contributed by atoms with van der Waals surface area (Å²) in [6.07, 6.45) is 2.90. The molecule has 0 amide bonds. The van der Waals surface area contributed by atoms with Gasteiger partial charge in [0, 0.05) is 6.61 Å². The van der Waals surface area contributed by atoms with E-state index < -0.39 is 0 Å². The Morgan fingerprint density at radius 1 is 1.32 bits per heavy atom. The summed E-state index contributed by atoms with van der Waals surface area (Å²) in [6, 6.07) is 4.33. The van der Waals surface area contributed by atoms with Gasteiger partial charge in [-0.2, -0.15) is 0 Å². The fourth-order valence-corrected chi connectivity index (χ4v) is 2.54. The van der Waals surface area contributed by atoms with Crippen molar-refractivity contribution in [3.8, 4) is 5.75 Å². The lowest BCUT2D eigenvalue weighted by atomic mass is 10.1. The Morgan fingerprint density at radius 3 is 2.89 bits per heavy atom. The maximum absolute atomic E-state index is 5.89. The van der Waals surface area contributed by atoms with Gasteiger partial charge in [-0.3, -0.25) is 0 Å². The second-order valence-corrected chi connectivity index (χ2v) is 5.50. The van der Waals surface area contributed by atoms with Gasteiger partial charge >= 0.3 is 0 Å². The molecule has 0 bridgehead atoms. The average Bonchev–Trinajstić information content (AvgIpc) is 2.87. The SMILES string of the molecule is Cc1cc(C)c(C)c(OCC[NH2+]C[C@H]2CCCO2)c1. The predicted octanol–water partition coefficient (Wildman–Crippen LogP) is 1.73. The van der Waals surface area contributed by atoms with Crippen LogP contribution in [0.4, 0.5) is 0 Å². The van der Waals surface area contributed by atoms with Gasteiger partial charge in [-0.1, -0.05) is 6.07 Å². The van der Waals surface area contributed by atoms with Crippen molar-refractivity contribution in [2.45, 2.75) is 39.7 Å². The first kappa shape index (κ1) is 14.4. The fourth-order valence-electron chi connectivity index (χ4n) is 2.54. The van der Waals surface area contributed by atoms with Gasteiger partial charge in [0.2, 0.25) is 0 Å². The van der Waals surface area contributed by atoms with E-state index in [1.807, 2.05) is 0 Å². The molecule has 106 valence electrons. The highest BCUT2D eigenvalue weighted by Crippen LogP contribution is 2.22. The molecule has 1 aliphatic rings. The van der Waals surface area contributed by atoms with E-state index in [-0.39, 0.29) is 0 Å². The van der Waals surface area contributed by atoms with Gasteiger partial charge in [0.15, 0.2) is 0 Å². The topological polar surface area (TPSA) is 35.1 Å². The van der Waals surface area contributed by atoms with E-state index in [4.69, 9.17) is 9.47 Å². The minimum absolute atomic E-state index is 0.461. The second kappa shape index (κ2) is 6.92. The first-order valence-corrected chi connectivity index (χ1v) is 7.30. The van der Waals surface area contributed by atoms with Gasteiger partial charge in [0.25, 0.3) is 0 Å². The van der Waals surface area contributed by atoms with Crippen LogP contribution in [0.3, 0.4) is 0 Å². The summed E-state index contributed by atoms with van der Waals surface area (Å²) in [5.74, 6) is 1.03. The Balaban J connectivity index is 1.70. The van der Waals surface area contributed by atoms with Crippen LogP contribution in [-0.2, 0) is 4.74 Å². The molecular formula is C16H26NO2+. The number of ether oxygens (including phenoxy) is 2. The Morgan fingerprint density at radius 2 is 2.16 bits per heavy atom. The van der Waals surface area contributed by atoms with Gasteiger partial charge in [0.1, 0.15) is 31.5 Å². The van der Waals surface area contributed by atoms with Crippen LogP contribution in [0.5, 0.6) is 5.75 Å². The summed E-state index contributed by atoms with van der Waals surface area (Å²) in [5.41, 5.74) is 3.82. The molecule has 0 unspecified atom stereocenters. The van der Waals surface area contributed by atoms with Gasteiger partial charge < -0.3 is 14.8 Å². The Labute approximate surface area is 116 Å². The summed E-state index contributed by atoms with van der Waals surface area (Å²) < 4.78 is 11.5. The zero-order valence-corrected chi connectivity index (χ0v) is 12.4. The second-order valence-electron chi connectivity index (χ2n) is 5.50. The molecule has 1 aliphatic heterocycles. The number of quaternary nitrogens is 1. The summed E-state index contributed by atoms with van der Waals surface area (Å²) >= 11 is 0. The van der Waals surface area contributed by atoms with Crippen molar-refractivity contribution in [3.63, 3.8) is 0 Å². The molecule has 1 aromatic rings. The third-order valence-electron chi connectivity index (χ3n) is 3.80. The lowest BCUT2D eigenvalue weighted by Gasteiger charge is -2.12. The number of rotatable bonds is 6. The Kier molecular flexibility index (Phi) is 5.23. The molecule has 0 aliphatic carbocycles. The highest BCUT2D eigenvalue weighted by molar-refractivity contribution is 5.41. The molecule has 1 saturated heterocycles. The van der Waals surface area contributed by atoms with Crippen LogP contribution in [0, 0.1) is 20.8 Å². The zero-order valence-electron chi connectivity index (χ0n) is 12.4. The van der Waals surface area contributed by atoms with E-state index in [9.17, 15) is 0 Å². The van der Waals surface area contributed by atoms with E-state index in [2.05, 4.69) is 38.2 Å². The monoisotopic (exact) mass is 264 g/mol. The third-order valence-corrected chi connectivity index (χ3v) is 3.80. The van der Waals surface area contributed by atoms with E-state index in [0.717, 1.165) is 32.1 Å². The van der Waals surface area contributed by atoms with Gasteiger partial charge in [-0.25, -0.2) is 0 Å². The van der Waals surface area contributed by atoms with Crippen LogP contribution in [0.2, 0.25) is 0 Å². The maximum atomic E-state index is 5.89. The number of hydrogen-bond donors (Lipinski definition) is 1. The molecule has 2 N–H and O–H groups in total. The number of aryl methyl sites for hydroxylation is 2. The predicted molar refractivity (Wildman–Crippen MR) is 76.8 cm³/mol. The fraction of sp³-hybridized carbons (Fsp3) is 0.625. The zero-order chi connectivity index (χ0) is 13.7. The van der Waals surface area contributed by atoms with Gasteiger partial charge in [-0.05, 0) is 56.4 Å². The van der Waals surface area contributed by atoms with Crippen LogP contribution in [0.15, 0.2) is 12.1 Å². The summed E-state index contributed by atoms with van der Waals surface area (Å²) in [5, 5.41) is 2.30. The van der Waals surface area contributed by atoms with Gasteiger partial charge in [0.05, 0.1) is 0 Å². The molecule has 1 fully saturated rings. The van der Waals surface area contributed by atoms with E-state index in [1.54, 1.807) is 0 Å². The molecule has 1 heterocycles. The van der Waals surface area contributed by atoms with Crippen LogP contribution in [-0.4, -0.2) is 32.4 Å². The van der Waals surface area contributed by atoms with Crippen LogP contribution < -0.4 is 10.1 Å². The lowest BCUT2D eigenvalue weighted by Crippen LogP contribution is -2.87. The first-order chi connectivity index (χ1) is 9.16. The molecule has 3 heteroatoms. The van der Waals surface area contributed by atoms with Crippen LogP contribution in [0.1, 0.15) is 29.5 Å². The molecule has 0 radical (unpaired) electrons. The smallest absolute Gasteiger partial charge is 0.137 e. The maximum Gasteiger partial charge on any atom is 0.137 e. The lowest BCUT2D eigenvalue weighted by molar-refractivity contribution is -0.661. The third kappa shape index (κ3) is 4.22. The van der Waals surface area contributed by atoms with Gasteiger partial charge in [-0.15, -0.1) is 0 Å². The van der Waals surface area contributed by atoms with Crippen LogP contribution in [0.25, 0.3) is 0 Å². The molecular weight excluding hydrogens is 238 g/mol. The Hall–Kier alpha value is -1.06. The van der Waals surface area contributed by atoms with E-state index >= 15 is 0 Å². The standard InChI is InChI=1S/C16H25NO2/c1-12-9-13(2)14(3)16(10-12)19-8-6-17-11-15-5-4-7-18-15/h9-10,15,17H,4-8,11H2,1-3H3/p+1/t15-/m1/s1. The van der Waals surface area contributed by atoms with Crippen molar-refractivity contribution < 1.29 is 14.8 Å². The minimum Gasteiger partial charge on any atom is -0.487 e. The normalized spacial score (nSPS) is 18.8. The molecule has 1 atom stereocenters. The largest absolute Gasteiger partial charge is 0.487 e. The minimum atomic E-state index is 0.461. The Bertz CT molecular complexity index is 411. The van der Waals surface area contributed by atoms with Crippen molar-refractivity contribution in [3.05, 3.63) is 28.8 Å². The molecule has 2 rings (SSSR count). The molecule has 19 heavy (non-hydrogen) atoms. The van der Waals surface area contributed by atoms with Crippen molar-refractivity contribution in [2.24, 2.45) is 0 Å². The molecule has 0 aromatic heterocycles. The van der Waals surface area contributed by atoms with Crippen LogP contribution >= 0.6 is 0 Å². The van der Waals surface area contributed by atoms with E-state index in [1.165, 1.54) is 29.5 Å². The number of hydrogen-bond acceptors (Lipinski definition) is 2. The molecule has 3 nitrogen and oxygen atoms in total. The van der Waals surface area contributed by atoms with Crippen molar-refractivity contribution in [2.75, 3.05) is 26.3 Å². The highest BCUT2D eigenvalue weighted by atomic mass is 16.5. The molecule has 1 aromatic carbocycles. The summed E-state index contributed by atoms with van der Waals surface area (Å²) in [7, 11) is 0. The highest BCUT2D eigenvalue weighted by Gasteiger charge is 2.16. The van der Waals surface area contributed by atoms with Crippen molar-refractivity contribution >= 4 is 0 Å². The summed E-state index contributed by atoms with van der Waals surface area (Å²) in [4.78, 5) is 0. The van der Waals surface area contributed by atoms with E-state index in [0.29, 0.717) is 6.10 Å².